The van der Waals surface area contributed by atoms with Crippen LogP contribution in [0.5, 0.6) is 5.75 Å². The Labute approximate surface area is 221 Å². The van der Waals surface area contributed by atoms with Crippen molar-refractivity contribution in [1.82, 2.24) is 14.9 Å². The highest BCUT2D eigenvalue weighted by Crippen LogP contribution is 2.27. The summed E-state index contributed by atoms with van der Waals surface area (Å²) >= 11 is 0. The highest BCUT2D eigenvalue weighted by Gasteiger charge is 2.32. The van der Waals surface area contributed by atoms with E-state index in [0.717, 1.165) is 29.3 Å². The number of aromatic nitrogens is 2. The number of nitrogens with zero attached hydrogens (tertiary/aromatic N) is 3. The Morgan fingerprint density at radius 1 is 1.11 bits per heavy atom. The number of rotatable bonds is 11. The molecule has 38 heavy (non-hydrogen) atoms. The number of likely N-dealkylation sites (tertiary alicyclic amines) is 1. The second kappa shape index (κ2) is 12.7. The molecule has 0 saturated carbocycles. The Morgan fingerprint density at radius 3 is 2.66 bits per heavy atom. The summed E-state index contributed by atoms with van der Waals surface area (Å²) in [7, 11) is 0. The molecule has 2 heterocycles. The predicted molar refractivity (Wildman–Crippen MR) is 142 cm³/mol. The van der Waals surface area contributed by atoms with Crippen molar-refractivity contribution in [3.05, 3.63) is 60.4 Å². The first-order valence-electron chi connectivity index (χ1n) is 12.9. The van der Waals surface area contributed by atoms with Gasteiger partial charge in [0.2, 0.25) is 5.91 Å². The van der Waals surface area contributed by atoms with Crippen LogP contribution in [0.4, 0.5) is 5.82 Å². The number of benzene rings is 2. The summed E-state index contributed by atoms with van der Waals surface area (Å²) in [5.41, 5.74) is 1.85. The van der Waals surface area contributed by atoms with Crippen LogP contribution in [-0.4, -0.2) is 73.5 Å². The number of carbonyl (C=O) groups excluding carboxylic acids is 1. The fraction of sp³-hybridized carbons (Fsp3) is 0.429. The van der Waals surface area contributed by atoms with E-state index in [1.165, 1.54) is 11.2 Å². The second-order valence-electron chi connectivity index (χ2n) is 9.67. The zero-order chi connectivity index (χ0) is 27.1. The van der Waals surface area contributed by atoms with Gasteiger partial charge < -0.3 is 30.3 Å². The number of fused-ring (bicyclic) bond motifs is 1. The van der Waals surface area contributed by atoms with Crippen molar-refractivity contribution in [1.29, 1.82) is 0 Å². The van der Waals surface area contributed by atoms with Crippen molar-refractivity contribution in [2.75, 3.05) is 18.5 Å². The molecule has 202 valence electrons. The van der Waals surface area contributed by atoms with Gasteiger partial charge in [0.15, 0.2) is 0 Å². The average molecular weight is 523 g/mol. The summed E-state index contributed by atoms with van der Waals surface area (Å²) < 4.78 is 5.77. The lowest BCUT2D eigenvalue weighted by Gasteiger charge is -2.33. The van der Waals surface area contributed by atoms with Gasteiger partial charge in [-0.05, 0) is 49.9 Å². The number of hydrogen-bond donors (Lipinski definition) is 4. The topological polar surface area (TPSA) is 145 Å². The van der Waals surface area contributed by atoms with Gasteiger partial charge in [-0.3, -0.25) is 4.79 Å². The molecule has 10 heteroatoms. The van der Waals surface area contributed by atoms with E-state index in [-0.39, 0.29) is 25.5 Å². The number of ether oxygens (including phenoxy) is 1. The highest BCUT2D eigenvalue weighted by atomic mass is 16.5. The molecule has 10 nitrogen and oxygen atoms in total. The van der Waals surface area contributed by atoms with Gasteiger partial charge in [0, 0.05) is 24.4 Å². The Morgan fingerprint density at radius 2 is 1.89 bits per heavy atom. The zero-order valence-electron chi connectivity index (χ0n) is 21.4. The molecule has 2 aromatic carbocycles. The van der Waals surface area contributed by atoms with Crippen LogP contribution in [-0.2, 0) is 9.59 Å². The van der Waals surface area contributed by atoms with Crippen molar-refractivity contribution in [2.45, 2.75) is 63.3 Å². The van der Waals surface area contributed by atoms with Gasteiger partial charge in [-0.25, -0.2) is 14.8 Å². The molecule has 4 rings (SSSR count). The minimum Gasteiger partial charge on any atom is -0.491 e. The van der Waals surface area contributed by atoms with E-state index >= 15 is 0 Å². The average Bonchev–Trinajstić information content (AvgIpc) is 2.92. The van der Waals surface area contributed by atoms with Gasteiger partial charge in [-0.15, -0.1) is 0 Å². The van der Waals surface area contributed by atoms with Gasteiger partial charge in [0.1, 0.15) is 30.5 Å². The van der Waals surface area contributed by atoms with Gasteiger partial charge in [-0.2, -0.15) is 0 Å². The number of carboxylic acid groups (broad SMARTS) is 1. The van der Waals surface area contributed by atoms with E-state index in [1.54, 1.807) is 12.1 Å². The van der Waals surface area contributed by atoms with E-state index in [0.29, 0.717) is 24.5 Å². The molecule has 1 aliphatic heterocycles. The number of hydrogen-bond acceptors (Lipinski definition) is 8. The maximum Gasteiger partial charge on any atom is 0.326 e. The summed E-state index contributed by atoms with van der Waals surface area (Å²) in [6, 6.07) is 14.5. The van der Waals surface area contributed by atoms with E-state index in [1.807, 2.05) is 43.3 Å². The van der Waals surface area contributed by atoms with E-state index < -0.39 is 30.1 Å². The van der Waals surface area contributed by atoms with Crippen LogP contribution in [0.3, 0.4) is 0 Å². The molecule has 4 atom stereocenters. The van der Waals surface area contributed by atoms with Gasteiger partial charge in [-0.1, -0.05) is 30.3 Å². The SMILES string of the molecule is CC(Nc1ncnc2ccc(OCC(O)CC(O)CC(=O)N3CCCCC3C(=O)O)cc12)c1ccccc1. The largest absolute Gasteiger partial charge is 0.491 e. The molecule has 3 aromatic rings. The van der Waals surface area contributed by atoms with Gasteiger partial charge in [0.05, 0.1) is 24.1 Å². The first-order valence-corrected chi connectivity index (χ1v) is 12.9. The van der Waals surface area contributed by atoms with Gasteiger partial charge >= 0.3 is 5.97 Å². The monoisotopic (exact) mass is 522 g/mol. The molecule has 1 aliphatic rings. The molecule has 0 radical (unpaired) electrons. The zero-order valence-corrected chi connectivity index (χ0v) is 21.4. The van der Waals surface area contributed by atoms with Crippen LogP contribution in [0.2, 0.25) is 0 Å². The fourth-order valence-electron chi connectivity index (χ4n) is 4.73. The third kappa shape index (κ3) is 6.96. The molecule has 4 N–H and O–H groups in total. The van der Waals surface area contributed by atoms with Crippen LogP contribution < -0.4 is 10.1 Å². The number of piperidine rings is 1. The number of nitrogens with one attached hydrogen (secondary N) is 1. The number of aliphatic hydroxyl groups excluding tert-OH is 2. The summed E-state index contributed by atoms with van der Waals surface area (Å²) in [4.78, 5) is 34.1. The lowest BCUT2D eigenvalue weighted by atomic mass is 10.0. The Balaban J connectivity index is 1.33. The second-order valence-corrected chi connectivity index (χ2v) is 9.67. The third-order valence-electron chi connectivity index (χ3n) is 6.76. The Bertz CT molecular complexity index is 1240. The molecule has 0 bridgehead atoms. The number of carboxylic acids is 1. The standard InChI is InChI=1S/C28H34N4O6/c1-18(19-7-3-2-4-8-19)31-27-23-15-22(10-11-24(23)29-17-30-27)38-16-21(34)13-20(33)14-26(35)32-12-6-5-9-25(32)28(36)37/h2-4,7-8,10-11,15,17-18,20-21,25,33-34H,5-6,9,12-14,16H2,1H3,(H,36,37)(H,29,30,31). The van der Waals surface area contributed by atoms with Crippen molar-refractivity contribution >= 4 is 28.6 Å². The maximum absolute atomic E-state index is 12.6. The molecule has 0 aliphatic carbocycles. The maximum atomic E-state index is 12.6. The van der Waals surface area contributed by atoms with E-state index in [9.17, 15) is 24.9 Å². The van der Waals surface area contributed by atoms with Crippen LogP contribution in [0.15, 0.2) is 54.9 Å². The molecular weight excluding hydrogens is 488 g/mol. The lowest BCUT2D eigenvalue weighted by molar-refractivity contribution is -0.153. The molecule has 1 fully saturated rings. The molecule has 1 aromatic heterocycles. The first kappa shape index (κ1) is 27.3. The molecule has 4 unspecified atom stereocenters. The molecule has 0 spiro atoms. The summed E-state index contributed by atoms with van der Waals surface area (Å²) in [5.74, 6) is -0.291. The van der Waals surface area contributed by atoms with Crippen LogP contribution in [0, 0.1) is 0 Å². The number of amides is 1. The smallest absolute Gasteiger partial charge is 0.326 e. The minimum absolute atomic E-state index is 0.0145. The minimum atomic E-state index is -1.11. The van der Waals surface area contributed by atoms with Crippen LogP contribution in [0.1, 0.15) is 50.6 Å². The Kier molecular flexibility index (Phi) is 9.09. The van der Waals surface area contributed by atoms with Crippen molar-refractivity contribution in [3.63, 3.8) is 0 Å². The van der Waals surface area contributed by atoms with Gasteiger partial charge in [0.25, 0.3) is 0 Å². The van der Waals surface area contributed by atoms with Crippen LogP contribution >= 0.6 is 0 Å². The number of carbonyl (C=O) groups is 2. The first-order chi connectivity index (χ1) is 18.3. The summed E-state index contributed by atoms with van der Waals surface area (Å²) in [5, 5.41) is 34.3. The molecular formula is C28H34N4O6. The third-order valence-corrected chi connectivity index (χ3v) is 6.76. The number of aliphatic hydroxyl groups is 2. The quantitative estimate of drug-likeness (QED) is 0.298. The van der Waals surface area contributed by atoms with Crippen molar-refractivity contribution < 1.29 is 29.6 Å². The normalized spacial score (nSPS) is 18.0. The molecule has 1 saturated heterocycles. The fourth-order valence-corrected chi connectivity index (χ4v) is 4.73. The lowest BCUT2D eigenvalue weighted by Crippen LogP contribution is -2.48. The van der Waals surface area contributed by atoms with Crippen molar-refractivity contribution in [2.24, 2.45) is 0 Å². The van der Waals surface area contributed by atoms with E-state index in [2.05, 4.69) is 15.3 Å². The van der Waals surface area contributed by atoms with E-state index in [4.69, 9.17) is 4.74 Å². The van der Waals surface area contributed by atoms with Crippen LogP contribution in [0.25, 0.3) is 10.9 Å². The number of anilines is 1. The highest BCUT2D eigenvalue weighted by molar-refractivity contribution is 5.90. The molecule has 1 amide bonds. The summed E-state index contributed by atoms with van der Waals surface area (Å²) in [6.45, 7) is 2.32. The predicted octanol–water partition coefficient (Wildman–Crippen LogP) is 3.15. The summed E-state index contributed by atoms with van der Waals surface area (Å²) in [6.07, 6.45) is 0.944. The Hall–Kier alpha value is -3.76. The van der Waals surface area contributed by atoms with Crippen molar-refractivity contribution in [3.8, 4) is 5.75 Å². The number of aliphatic carboxylic acids is 1.